The number of hydrazine groups is 1. The number of hydrogen-bond donors (Lipinski definition) is 2. The van der Waals surface area contributed by atoms with Crippen LogP contribution in [-0.2, 0) is 11.2 Å². The van der Waals surface area contributed by atoms with Gasteiger partial charge in [-0.2, -0.15) is 0 Å². The van der Waals surface area contributed by atoms with Crippen LogP contribution in [0.4, 0.5) is 0 Å². The summed E-state index contributed by atoms with van der Waals surface area (Å²) in [6.45, 7) is 2.90. The van der Waals surface area contributed by atoms with Gasteiger partial charge in [0.15, 0.2) is 0 Å². The van der Waals surface area contributed by atoms with Gasteiger partial charge in [0.1, 0.15) is 5.76 Å². The van der Waals surface area contributed by atoms with E-state index in [2.05, 4.69) is 42.7 Å². The summed E-state index contributed by atoms with van der Waals surface area (Å²) in [5.41, 5.74) is 5.43. The van der Waals surface area contributed by atoms with Gasteiger partial charge in [-0.3, -0.25) is 5.84 Å². The number of nitrogens with one attached hydrogen (secondary N) is 1. The van der Waals surface area contributed by atoms with Crippen molar-refractivity contribution in [2.45, 2.75) is 25.8 Å². The van der Waals surface area contributed by atoms with Crippen molar-refractivity contribution >= 4 is 0 Å². The first-order chi connectivity index (χ1) is 7.81. The lowest BCUT2D eigenvalue weighted by atomic mass is 10.0. The van der Waals surface area contributed by atoms with Crippen molar-refractivity contribution in [2.75, 3.05) is 6.61 Å². The van der Waals surface area contributed by atoms with E-state index in [0.29, 0.717) is 0 Å². The van der Waals surface area contributed by atoms with Crippen LogP contribution in [0.25, 0.3) is 0 Å². The molecule has 0 amide bonds. The molecule has 2 rings (SSSR count). The molecular weight excluding hydrogens is 200 g/mol. The van der Waals surface area contributed by atoms with Gasteiger partial charge in [0.2, 0.25) is 0 Å². The Morgan fingerprint density at radius 3 is 2.88 bits per heavy atom. The predicted molar refractivity (Wildman–Crippen MR) is 64.6 cm³/mol. The highest BCUT2D eigenvalue weighted by molar-refractivity contribution is 5.28. The van der Waals surface area contributed by atoms with Crippen molar-refractivity contribution in [3.63, 3.8) is 0 Å². The summed E-state index contributed by atoms with van der Waals surface area (Å²) in [6, 6.07) is 8.44. The molecule has 16 heavy (non-hydrogen) atoms. The second-order valence-electron chi connectivity index (χ2n) is 4.09. The van der Waals surface area contributed by atoms with Crippen LogP contribution in [0, 0.1) is 6.92 Å². The van der Waals surface area contributed by atoms with E-state index in [4.69, 9.17) is 10.6 Å². The quantitative estimate of drug-likeness (QED) is 0.597. The topological polar surface area (TPSA) is 47.3 Å². The van der Waals surface area contributed by atoms with Gasteiger partial charge < -0.3 is 4.74 Å². The van der Waals surface area contributed by atoms with Crippen molar-refractivity contribution in [1.82, 2.24) is 5.43 Å². The molecular formula is C13H18N2O. The molecule has 0 saturated heterocycles. The van der Waals surface area contributed by atoms with Gasteiger partial charge in [-0.05, 0) is 30.5 Å². The maximum Gasteiger partial charge on any atom is 0.111 e. The van der Waals surface area contributed by atoms with E-state index in [1.807, 2.05) is 0 Å². The Morgan fingerprint density at radius 2 is 2.25 bits per heavy atom. The van der Waals surface area contributed by atoms with Gasteiger partial charge in [-0.15, -0.1) is 0 Å². The summed E-state index contributed by atoms with van der Waals surface area (Å²) >= 11 is 0. The Morgan fingerprint density at radius 1 is 1.44 bits per heavy atom. The number of aryl methyl sites for hydroxylation is 1. The number of rotatable bonds is 4. The minimum absolute atomic E-state index is 0.0867. The maximum atomic E-state index is 5.58. The minimum atomic E-state index is 0.0867. The van der Waals surface area contributed by atoms with Crippen LogP contribution in [0.3, 0.4) is 0 Å². The van der Waals surface area contributed by atoms with Crippen LogP contribution >= 0.6 is 0 Å². The van der Waals surface area contributed by atoms with Crippen molar-refractivity contribution in [3.05, 3.63) is 47.2 Å². The molecule has 0 aromatic heterocycles. The standard InChI is InChI=1S/C13H18N2O/c1-10-5-2-3-6-11(10)9-12(15-14)13-7-4-8-16-13/h2-3,5-7,12,15H,4,8-9,14H2,1H3. The fraction of sp³-hybridized carbons (Fsp3) is 0.385. The molecule has 86 valence electrons. The first kappa shape index (κ1) is 11.2. The number of nitrogens with two attached hydrogens (primary N) is 1. The summed E-state index contributed by atoms with van der Waals surface area (Å²) in [6.07, 6.45) is 3.97. The van der Waals surface area contributed by atoms with Gasteiger partial charge in [0.05, 0.1) is 12.6 Å². The second kappa shape index (κ2) is 5.14. The molecule has 0 radical (unpaired) electrons. The third-order valence-electron chi connectivity index (χ3n) is 2.96. The van der Waals surface area contributed by atoms with Crippen LogP contribution in [0.5, 0.6) is 0 Å². The number of hydrogen-bond acceptors (Lipinski definition) is 3. The number of ether oxygens (including phenoxy) is 1. The van der Waals surface area contributed by atoms with E-state index in [-0.39, 0.29) is 6.04 Å². The normalized spacial score (nSPS) is 16.8. The van der Waals surface area contributed by atoms with Crippen LogP contribution < -0.4 is 11.3 Å². The Kier molecular flexibility index (Phi) is 3.59. The van der Waals surface area contributed by atoms with Crippen LogP contribution in [0.2, 0.25) is 0 Å². The first-order valence-electron chi connectivity index (χ1n) is 5.64. The predicted octanol–water partition coefficient (Wildman–Crippen LogP) is 1.67. The van der Waals surface area contributed by atoms with Crippen molar-refractivity contribution in [3.8, 4) is 0 Å². The lowest BCUT2D eigenvalue weighted by molar-refractivity contribution is 0.214. The van der Waals surface area contributed by atoms with Crippen molar-refractivity contribution in [1.29, 1.82) is 0 Å². The highest BCUT2D eigenvalue weighted by Crippen LogP contribution is 2.18. The molecule has 3 heteroatoms. The smallest absolute Gasteiger partial charge is 0.111 e. The molecule has 0 saturated carbocycles. The molecule has 0 fully saturated rings. The van der Waals surface area contributed by atoms with E-state index < -0.39 is 0 Å². The van der Waals surface area contributed by atoms with Crippen LogP contribution in [-0.4, -0.2) is 12.6 Å². The van der Waals surface area contributed by atoms with E-state index in [9.17, 15) is 0 Å². The highest BCUT2D eigenvalue weighted by atomic mass is 16.5. The first-order valence-corrected chi connectivity index (χ1v) is 5.64. The third kappa shape index (κ3) is 2.43. The Hall–Kier alpha value is -1.32. The molecule has 0 bridgehead atoms. The van der Waals surface area contributed by atoms with E-state index in [1.54, 1.807) is 0 Å². The molecule has 0 spiro atoms. The molecule has 1 aromatic rings. The molecule has 1 aliphatic rings. The number of benzene rings is 1. The Balaban J connectivity index is 2.10. The zero-order chi connectivity index (χ0) is 11.4. The molecule has 0 aliphatic carbocycles. The van der Waals surface area contributed by atoms with Gasteiger partial charge in [0, 0.05) is 6.42 Å². The molecule has 1 heterocycles. The van der Waals surface area contributed by atoms with E-state index >= 15 is 0 Å². The Bertz CT molecular complexity index is 387. The fourth-order valence-electron chi connectivity index (χ4n) is 1.98. The summed E-state index contributed by atoms with van der Waals surface area (Å²) in [7, 11) is 0. The molecule has 1 unspecified atom stereocenters. The molecule has 1 atom stereocenters. The van der Waals surface area contributed by atoms with E-state index in [1.165, 1.54) is 11.1 Å². The molecule has 3 nitrogen and oxygen atoms in total. The lowest BCUT2D eigenvalue weighted by Gasteiger charge is -2.18. The van der Waals surface area contributed by atoms with Gasteiger partial charge in [0.25, 0.3) is 0 Å². The van der Waals surface area contributed by atoms with Crippen molar-refractivity contribution in [2.24, 2.45) is 5.84 Å². The Labute approximate surface area is 96.3 Å². The summed E-state index contributed by atoms with van der Waals surface area (Å²) in [5, 5.41) is 0. The lowest BCUT2D eigenvalue weighted by Crippen LogP contribution is -2.38. The summed E-state index contributed by atoms with van der Waals surface area (Å²) in [4.78, 5) is 0. The fourth-order valence-corrected chi connectivity index (χ4v) is 1.98. The SMILES string of the molecule is Cc1ccccc1CC(NN)C1=CCCO1. The molecule has 1 aromatic carbocycles. The van der Waals surface area contributed by atoms with Gasteiger partial charge in [-0.1, -0.05) is 24.3 Å². The molecule has 3 N–H and O–H groups in total. The zero-order valence-electron chi connectivity index (χ0n) is 9.57. The van der Waals surface area contributed by atoms with Gasteiger partial charge in [-0.25, -0.2) is 5.43 Å². The van der Waals surface area contributed by atoms with E-state index in [0.717, 1.165) is 25.2 Å². The van der Waals surface area contributed by atoms with Crippen molar-refractivity contribution < 1.29 is 4.74 Å². The van der Waals surface area contributed by atoms with Crippen LogP contribution in [0.15, 0.2) is 36.1 Å². The molecule has 1 aliphatic heterocycles. The minimum Gasteiger partial charge on any atom is -0.496 e. The summed E-state index contributed by atoms with van der Waals surface area (Å²) in [5.74, 6) is 6.56. The highest BCUT2D eigenvalue weighted by Gasteiger charge is 2.18. The largest absolute Gasteiger partial charge is 0.496 e. The average Bonchev–Trinajstić information content (AvgIpc) is 2.81. The maximum absolute atomic E-state index is 5.58. The van der Waals surface area contributed by atoms with Crippen LogP contribution in [0.1, 0.15) is 17.5 Å². The zero-order valence-corrected chi connectivity index (χ0v) is 9.57. The average molecular weight is 218 g/mol. The summed E-state index contributed by atoms with van der Waals surface area (Å²) < 4.78 is 5.54. The van der Waals surface area contributed by atoms with Gasteiger partial charge >= 0.3 is 0 Å². The third-order valence-corrected chi connectivity index (χ3v) is 2.96. The second-order valence-corrected chi connectivity index (χ2v) is 4.09. The monoisotopic (exact) mass is 218 g/mol.